The fourth-order valence-corrected chi connectivity index (χ4v) is 2.18. The first-order valence-corrected chi connectivity index (χ1v) is 5.70. The van der Waals surface area contributed by atoms with Gasteiger partial charge in [0.15, 0.2) is 4.67 Å². The van der Waals surface area contributed by atoms with Gasteiger partial charge in [-0.2, -0.15) is 0 Å². The summed E-state index contributed by atoms with van der Waals surface area (Å²) in [5.74, 6) is 0.00400. The average molecular weight is 273 g/mol. The largest absolute Gasteiger partial charge is 0.457 e. The Labute approximate surface area is 96.7 Å². The predicted molar refractivity (Wildman–Crippen MR) is 59.8 cm³/mol. The van der Waals surface area contributed by atoms with E-state index in [0.29, 0.717) is 16.3 Å². The standard InChI is InChI=1S/C10H13BrN2O2/c1-13(7-2-4-12-6-7)10(14)8-3-5-15-9(8)11/h3,5,7,12H,2,4,6H2,1H3. The van der Waals surface area contributed by atoms with Crippen LogP contribution in [0.15, 0.2) is 21.4 Å². The van der Waals surface area contributed by atoms with Crippen LogP contribution in [0.25, 0.3) is 0 Å². The van der Waals surface area contributed by atoms with Gasteiger partial charge < -0.3 is 14.6 Å². The molecule has 82 valence electrons. The number of amides is 1. The molecule has 1 aromatic heterocycles. The van der Waals surface area contributed by atoms with Crippen molar-refractivity contribution in [2.75, 3.05) is 20.1 Å². The van der Waals surface area contributed by atoms with Gasteiger partial charge in [0.1, 0.15) is 0 Å². The van der Waals surface area contributed by atoms with Crippen LogP contribution in [0.1, 0.15) is 16.8 Å². The zero-order valence-corrected chi connectivity index (χ0v) is 10.1. The van der Waals surface area contributed by atoms with Gasteiger partial charge in [-0.3, -0.25) is 4.79 Å². The third-order valence-electron chi connectivity index (χ3n) is 2.75. The fourth-order valence-electron chi connectivity index (χ4n) is 1.77. The molecule has 0 saturated carbocycles. The molecule has 2 heterocycles. The van der Waals surface area contributed by atoms with E-state index in [0.717, 1.165) is 19.5 Å². The van der Waals surface area contributed by atoms with E-state index >= 15 is 0 Å². The Hall–Kier alpha value is -0.810. The molecule has 15 heavy (non-hydrogen) atoms. The SMILES string of the molecule is CN(C(=O)c1ccoc1Br)C1CCNC1. The Bertz CT molecular complexity index is 358. The van der Waals surface area contributed by atoms with Gasteiger partial charge in [-0.25, -0.2) is 0 Å². The summed E-state index contributed by atoms with van der Waals surface area (Å²) in [7, 11) is 1.83. The second-order valence-corrected chi connectivity index (χ2v) is 4.39. The minimum Gasteiger partial charge on any atom is -0.457 e. The van der Waals surface area contributed by atoms with Crippen LogP contribution in [-0.4, -0.2) is 37.0 Å². The quantitative estimate of drug-likeness (QED) is 0.887. The van der Waals surface area contributed by atoms with Crippen LogP contribution in [0.3, 0.4) is 0 Å². The molecule has 1 atom stereocenters. The molecular weight excluding hydrogens is 260 g/mol. The molecule has 2 rings (SSSR count). The van der Waals surface area contributed by atoms with Gasteiger partial charge >= 0.3 is 0 Å². The second-order valence-electron chi connectivity index (χ2n) is 3.67. The van der Waals surface area contributed by atoms with Crippen LogP contribution in [0.5, 0.6) is 0 Å². The van der Waals surface area contributed by atoms with Crippen molar-refractivity contribution in [3.05, 3.63) is 22.6 Å². The second kappa shape index (κ2) is 4.37. The molecule has 0 bridgehead atoms. The number of hydrogen-bond acceptors (Lipinski definition) is 3. The Kier molecular flexibility index (Phi) is 3.11. The molecule has 1 aliphatic heterocycles. The molecule has 1 fully saturated rings. The first kappa shape index (κ1) is 10.7. The normalized spacial score (nSPS) is 20.5. The number of hydrogen-bond donors (Lipinski definition) is 1. The van der Waals surface area contributed by atoms with Crippen LogP contribution < -0.4 is 5.32 Å². The lowest BCUT2D eigenvalue weighted by Gasteiger charge is -2.23. The van der Waals surface area contributed by atoms with E-state index in [1.54, 1.807) is 11.0 Å². The molecule has 1 N–H and O–H groups in total. The van der Waals surface area contributed by atoms with Crippen molar-refractivity contribution in [2.45, 2.75) is 12.5 Å². The number of nitrogens with zero attached hydrogens (tertiary/aromatic N) is 1. The summed E-state index contributed by atoms with van der Waals surface area (Å²) in [5, 5.41) is 3.24. The Morgan fingerprint density at radius 3 is 3.07 bits per heavy atom. The Balaban J connectivity index is 2.10. The molecule has 1 amide bonds. The number of halogens is 1. The zero-order chi connectivity index (χ0) is 10.8. The van der Waals surface area contributed by atoms with Crippen molar-refractivity contribution in [3.8, 4) is 0 Å². The fraction of sp³-hybridized carbons (Fsp3) is 0.500. The van der Waals surface area contributed by atoms with E-state index in [9.17, 15) is 4.79 Å². The molecule has 1 unspecified atom stereocenters. The van der Waals surface area contributed by atoms with Gasteiger partial charge in [0.25, 0.3) is 5.91 Å². The minimum atomic E-state index is 0.00400. The van der Waals surface area contributed by atoms with Crippen molar-refractivity contribution in [3.63, 3.8) is 0 Å². The van der Waals surface area contributed by atoms with Crippen molar-refractivity contribution in [1.29, 1.82) is 0 Å². The maximum Gasteiger partial charge on any atom is 0.258 e. The van der Waals surface area contributed by atoms with E-state index < -0.39 is 0 Å². The average Bonchev–Trinajstić information content (AvgIpc) is 2.85. The third kappa shape index (κ3) is 2.08. The highest BCUT2D eigenvalue weighted by Gasteiger charge is 2.25. The van der Waals surface area contributed by atoms with Gasteiger partial charge in [0, 0.05) is 19.6 Å². The number of likely N-dealkylation sites (N-methyl/N-ethyl adjacent to an activating group) is 1. The third-order valence-corrected chi connectivity index (χ3v) is 3.36. The molecule has 4 nitrogen and oxygen atoms in total. The molecular formula is C10H13BrN2O2. The number of carbonyl (C=O) groups excluding carboxylic acids is 1. The molecule has 5 heteroatoms. The summed E-state index contributed by atoms with van der Waals surface area (Å²) >= 11 is 3.21. The van der Waals surface area contributed by atoms with Gasteiger partial charge in [-0.1, -0.05) is 0 Å². The van der Waals surface area contributed by atoms with Crippen molar-refractivity contribution < 1.29 is 9.21 Å². The number of carbonyl (C=O) groups is 1. The molecule has 0 aromatic carbocycles. The monoisotopic (exact) mass is 272 g/mol. The van der Waals surface area contributed by atoms with Gasteiger partial charge in [-0.05, 0) is 35.0 Å². The smallest absolute Gasteiger partial charge is 0.258 e. The van der Waals surface area contributed by atoms with E-state index in [-0.39, 0.29) is 5.91 Å². The first-order valence-electron chi connectivity index (χ1n) is 4.91. The summed E-state index contributed by atoms with van der Waals surface area (Å²) < 4.78 is 5.56. The van der Waals surface area contributed by atoms with Crippen molar-refractivity contribution in [1.82, 2.24) is 10.2 Å². The summed E-state index contributed by atoms with van der Waals surface area (Å²) in [6.45, 7) is 1.85. The van der Waals surface area contributed by atoms with Crippen LogP contribution in [0, 0.1) is 0 Å². The van der Waals surface area contributed by atoms with Gasteiger partial charge in [-0.15, -0.1) is 0 Å². The Morgan fingerprint density at radius 2 is 2.53 bits per heavy atom. The van der Waals surface area contributed by atoms with Crippen molar-refractivity contribution >= 4 is 21.8 Å². The number of nitrogens with one attached hydrogen (secondary N) is 1. The maximum atomic E-state index is 12.0. The van der Waals surface area contributed by atoms with Crippen LogP contribution in [0.4, 0.5) is 0 Å². The minimum absolute atomic E-state index is 0.00400. The highest BCUT2D eigenvalue weighted by Crippen LogP contribution is 2.20. The lowest BCUT2D eigenvalue weighted by Crippen LogP contribution is -2.38. The maximum absolute atomic E-state index is 12.0. The lowest BCUT2D eigenvalue weighted by atomic mass is 10.2. The molecule has 1 saturated heterocycles. The summed E-state index contributed by atoms with van der Waals surface area (Å²) in [5.41, 5.74) is 0.587. The molecule has 0 spiro atoms. The summed E-state index contributed by atoms with van der Waals surface area (Å²) in [4.78, 5) is 13.8. The van der Waals surface area contributed by atoms with Crippen molar-refractivity contribution in [2.24, 2.45) is 0 Å². The van der Waals surface area contributed by atoms with Crippen LogP contribution in [0.2, 0.25) is 0 Å². The van der Waals surface area contributed by atoms with E-state index in [1.807, 2.05) is 7.05 Å². The molecule has 1 aliphatic rings. The van der Waals surface area contributed by atoms with Gasteiger partial charge in [0.2, 0.25) is 0 Å². The van der Waals surface area contributed by atoms with E-state index in [2.05, 4.69) is 21.2 Å². The Morgan fingerprint density at radius 1 is 1.73 bits per heavy atom. The predicted octanol–water partition coefficient (Wildman–Crippen LogP) is 1.48. The molecule has 0 aliphatic carbocycles. The van der Waals surface area contributed by atoms with Crippen LogP contribution in [-0.2, 0) is 0 Å². The zero-order valence-electron chi connectivity index (χ0n) is 8.50. The van der Waals surface area contributed by atoms with E-state index in [1.165, 1.54) is 6.26 Å². The van der Waals surface area contributed by atoms with Gasteiger partial charge in [0.05, 0.1) is 11.8 Å². The summed E-state index contributed by atoms with van der Waals surface area (Å²) in [6.07, 6.45) is 2.52. The number of furan rings is 1. The van der Waals surface area contributed by atoms with Crippen LogP contribution >= 0.6 is 15.9 Å². The highest BCUT2D eigenvalue weighted by molar-refractivity contribution is 9.10. The van der Waals surface area contributed by atoms with E-state index in [4.69, 9.17) is 4.42 Å². The summed E-state index contributed by atoms with van der Waals surface area (Å²) in [6, 6.07) is 1.98. The first-order chi connectivity index (χ1) is 7.20. The molecule has 0 radical (unpaired) electrons. The molecule has 1 aromatic rings. The number of rotatable bonds is 2. The highest BCUT2D eigenvalue weighted by atomic mass is 79.9. The lowest BCUT2D eigenvalue weighted by molar-refractivity contribution is 0.0742. The topological polar surface area (TPSA) is 45.5 Å².